The number of hydrogen-bond acceptors (Lipinski definition) is 5. The van der Waals surface area contributed by atoms with Gasteiger partial charge in [-0.05, 0) is 29.8 Å². The van der Waals surface area contributed by atoms with Crippen molar-refractivity contribution in [2.75, 3.05) is 7.11 Å². The van der Waals surface area contributed by atoms with E-state index in [1.54, 1.807) is 19.4 Å². The van der Waals surface area contributed by atoms with Crippen LogP contribution in [-0.2, 0) is 0 Å². The van der Waals surface area contributed by atoms with E-state index in [-0.39, 0.29) is 5.58 Å². The van der Waals surface area contributed by atoms with E-state index < -0.39 is 11.2 Å². The van der Waals surface area contributed by atoms with Crippen molar-refractivity contribution in [2.45, 2.75) is 0 Å². The molecule has 0 amide bonds. The van der Waals surface area contributed by atoms with Gasteiger partial charge in [0.1, 0.15) is 11.3 Å². The first-order valence-corrected chi connectivity index (χ1v) is 7.95. The molecule has 3 N–H and O–H groups in total. The summed E-state index contributed by atoms with van der Waals surface area (Å²) in [6.07, 6.45) is 1.80. The lowest BCUT2D eigenvalue weighted by molar-refractivity contribution is 0.415. The van der Waals surface area contributed by atoms with E-state index >= 15 is 0 Å². The lowest BCUT2D eigenvalue weighted by Crippen LogP contribution is -1.95. The molecule has 26 heavy (non-hydrogen) atoms. The standard InChI is InChI=1S/C19H13N3O4/c1-25-10-4-2-9(3-5-10)14-12-8-20-22-19(12)21-15-11-6-7-13(23)16(24)17(11)26-18(14)15/h2-8,24H,1H3,(H2,20,21,22). The smallest absolute Gasteiger partial charge is 0.224 e. The van der Waals surface area contributed by atoms with Gasteiger partial charge in [0.2, 0.25) is 11.2 Å². The summed E-state index contributed by atoms with van der Waals surface area (Å²) < 4.78 is 11.1. The number of rotatable bonds is 2. The first-order chi connectivity index (χ1) is 12.7. The van der Waals surface area contributed by atoms with Crippen LogP contribution in [0.4, 0.5) is 0 Å². The number of ether oxygens (including phenoxy) is 1. The van der Waals surface area contributed by atoms with Gasteiger partial charge in [-0.3, -0.25) is 9.89 Å². The molecule has 0 fully saturated rings. The highest BCUT2D eigenvalue weighted by Crippen LogP contribution is 2.40. The van der Waals surface area contributed by atoms with E-state index in [1.165, 1.54) is 6.07 Å². The summed E-state index contributed by atoms with van der Waals surface area (Å²) >= 11 is 0. The molecule has 0 saturated carbocycles. The van der Waals surface area contributed by atoms with E-state index in [9.17, 15) is 9.90 Å². The molecule has 7 heteroatoms. The SMILES string of the molecule is COc1ccc(-c2c3c[nH][nH]c3nc3c2oc2c(O)c(=O)ccc23)cc1. The number of aromatic hydroxyl groups is 1. The first kappa shape index (κ1) is 14.6. The summed E-state index contributed by atoms with van der Waals surface area (Å²) in [5, 5.41) is 17.5. The Morgan fingerprint density at radius 2 is 1.88 bits per heavy atom. The van der Waals surface area contributed by atoms with Gasteiger partial charge in [0.05, 0.1) is 12.5 Å². The van der Waals surface area contributed by atoms with Crippen LogP contribution in [0.1, 0.15) is 0 Å². The number of pyridine rings is 1. The Hall–Kier alpha value is -3.74. The lowest BCUT2D eigenvalue weighted by atomic mass is 10.0. The Kier molecular flexibility index (Phi) is 2.88. The summed E-state index contributed by atoms with van der Waals surface area (Å²) in [5.41, 5.74) is 3.10. The van der Waals surface area contributed by atoms with Crippen LogP contribution in [-0.4, -0.2) is 27.4 Å². The molecular formula is C19H13N3O4. The summed E-state index contributed by atoms with van der Waals surface area (Å²) in [5.74, 6) is 0.338. The fourth-order valence-electron chi connectivity index (χ4n) is 3.27. The highest BCUT2D eigenvalue weighted by molar-refractivity contribution is 6.15. The molecule has 3 aromatic heterocycles. The fraction of sp³-hybridized carbons (Fsp3) is 0.0526. The third kappa shape index (κ3) is 1.88. The molecule has 7 nitrogen and oxygen atoms in total. The Balaban J connectivity index is 1.96. The maximum Gasteiger partial charge on any atom is 0.224 e. The number of benzene rings is 2. The quantitative estimate of drug-likeness (QED) is 0.453. The van der Waals surface area contributed by atoms with Gasteiger partial charge in [0, 0.05) is 17.1 Å². The van der Waals surface area contributed by atoms with Crippen molar-refractivity contribution in [3.05, 3.63) is 52.8 Å². The second-order valence-corrected chi connectivity index (χ2v) is 5.96. The van der Waals surface area contributed by atoms with Crippen molar-refractivity contribution in [3.63, 3.8) is 0 Å². The zero-order valence-corrected chi connectivity index (χ0v) is 13.7. The predicted molar refractivity (Wildman–Crippen MR) is 97.6 cm³/mol. The van der Waals surface area contributed by atoms with E-state index in [2.05, 4.69) is 15.2 Å². The maximum atomic E-state index is 11.8. The summed E-state index contributed by atoms with van der Waals surface area (Å²) in [7, 11) is 1.61. The second kappa shape index (κ2) is 5.13. The molecule has 0 aliphatic heterocycles. The molecule has 0 aliphatic rings. The number of nitrogens with zero attached hydrogens (tertiary/aromatic N) is 1. The van der Waals surface area contributed by atoms with Crippen LogP contribution in [0, 0.1) is 0 Å². The van der Waals surface area contributed by atoms with Gasteiger partial charge in [-0.2, -0.15) is 0 Å². The van der Waals surface area contributed by atoms with Gasteiger partial charge in [0.25, 0.3) is 0 Å². The Bertz CT molecular complexity index is 1340. The summed E-state index contributed by atoms with van der Waals surface area (Å²) in [6, 6.07) is 10.5. The van der Waals surface area contributed by atoms with Crippen LogP contribution < -0.4 is 10.2 Å². The Labute approximate surface area is 145 Å². The Morgan fingerprint density at radius 1 is 1.08 bits per heavy atom. The van der Waals surface area contributed by atoms with Gasteiger partial charge in [-0.15, -0.1) is 0 Å². The van der Waals surface area contributed by atoms with Gasteiger partial charge in [-0.25, -0.2) is 4.98 Å². The molecule has 0 radical (unpaired) electrons. The largest absolute Gasteiger partial charge is 0.502 e. The van der Waals surface area contributed by atoms with Crippen LogP contribution in [0.2, 0.25) is 0 Å². The van der Waals surface area contributed by atoms with Crippen molar-refractivity contribution in [2.24, 2.45) is 0 Å². The summed E-state index contributed by atoms with van der Waals surface area (Å²) in [4.78, 5) is 16.4. The molecule has 0 saturated heterocycles. The number of aromatic nitrogens is 3. The predicted octanol–water partition coefficient (Wildman–Crippen LogP) is 3.53. The van der Waals surface area contributed by atoms with Crippen LogP contribution in [0.3, 0.4) is 0 Å². The van der Waals surface area contributed by atoms with Gasteiger partial charge >= 0.3 is 0 Å². The van der Waals surface area contributed by atoms with Crippen molar-refractivity contribution < 1.29 is 14.3 Å². The van der Waals surface area contributed by atoms with Crippen LogP contribution in [0.25, 0.3) is 44.2 Å². The van der Waals surface area contributed by atoms with E-state index in [0.29, 0.717) is 22.1 Å². The van der Waals surface area contributed by atoms with Crippen molar-refractivity contribution in [3.8, 4) is 22.6 Å². The molecule has 0 spiro atoms. The third-order valence-corrected chi connectivity index (χ3v) is 4.53. The van der Waals surface area contributed by atoms with Crippen LogP contribution in [0.15, 0.2) is 51.8 Å². The third-order valence-electron chi connectivity index (χ3n) is 4.53. The first-order valence-electron chi connectivity index (χ1n) is 7.95. The minimum absolute atomic E-state index is 0.145. The average molecular weight is 347 g/mol. The van der Waals surface area contributed by atoms with Crippen molar-refractivity contribution >= 4 is 33.1 Å². The number of hydrogen-bond donors (Lipinski definition) is 3. The number of nitrogens with one attached hydrogen (secondary N) is 2. The number of furan rings is 1. The molecule has 3 heterocycles. The highest BCUT2D eigenvalue weighted by Gasteiger charge is 2.20. The van der Waals surface area contributed by atoms with E-state index in [4.69, 9.17) is 9.15 Å². The van der Waals surface area contributed by atoms with E-state index in [0.717, 1.165) is 22.3 Å². The molecule has 5 rings (SSSR count). The number of H-pyrrole nitrogens is 2. The van der Waals surface area contributed by atoms with Gasteiger partial charge < -0.3 is 19.4 Å². The van der Waals surface area contributed by atoms with Crippen LogP contribution >= 0.6 is 0 Å². The number of aromatic amines is 2. The fourth-order valence-corrected chi connectivity index (χ4v) is 3.27. The normalized spacial score (nSPS) is 11.6. The molecule has 5 aromatic rings. The zero-order valence-electron chi connectivity index (χ0n) is 13.7. The van der Waals surface area contributed by atoms with Crippen molar-refractivity contribution in [1.29, 1.82) is 0 Å². The second-order valence-electron chi connectivity index (χ2n) is 5.96. The molecular weight excluding hydrogens is 334 g/mol. The Morgan fingerprint density at radius 3 is 2.65 bits per heavy atom. The minimum Gasteiger partial charge on any atom is -0.502 e. The number of fused-ring (bicyclic) bond motifs is 4. The average Bonchev–Trinajstić information content (AvgIpc) is 3.27. The molecule has 0 bridgehead atoms. The molecule has 0 atom stereocenters. The molecule has 2 aromatic carbocycles. The van der Waals surface area contributed by atoms with Crippen molar-refractivity contribution in [1.82, 2.24) is 15.2 Å². The highest BCUT2D eigenvalue weighted by atomic mass is 16.5. The molecule has 0 unspecified atom stereocenters. The maximum absolute atomic E-state index is 11.8. The number of phenols is 1. The van der Waals surface area contributed by atoms with Gasteiger partial charge in [0.15, 0.2) is 16.8 Å². The lowest BCUT2D eigenvalue weighted by Gasteiger charge is -2.06. The summed E-state index contributed by atoms with van der Waals surface area (Å²) in [6.45, 7) is 0. The number of phenolic OH excluding ortho intramolecular Hbond substituents is 1. The number of methoxy groups -OCH3 is 1. The van der Waals surface area contributed by atoms with Crippen LogP contribution in [0.5, 0.6) is 11.5 Å². The zero-order chi connectivity index (χ0) is 17.8. The topological polar surface area (TPSA) is 104 Å². The molecule has 128 valence electrons. The monoisotopic (exact) mass is 347 g/mol. The van der Waals surface area contributed by atoms with E-state index in [1.807, 2.05) is 24.3 Å². The van der Waals surface area contributed by atoms with Gasteiger partial charge in [-0.1, -0.05) is 12.1 Å². The molecule has 0 aliphatic carbocycles. The minimum atomic E-state index is -0.485.